The molecule has 0 atom stereocenters. The normalized spacial score (nSPS) is 12.7. The van der Waals surface area contributed by atoms with E-state index >= 15 is 0 Å². The van der Waals surface area contributed by atoms with Crippen LogP contribution in [0.5, 0.6) is 0 Å². The van der Waals surface area contributed by atoms with Gasteiger partial charge >= 0.3 is 0 Å². The quantitative estimate of drug-likeness (QED) is 0.367. The molecule has 23 heavy (non-hydrogen) atoms. The van der Waals surface area contributed by atoms with Crippen LogP contribution in [0.25, 0.3) is 0 Å². The number of hydrazone groups is 2. The largest absolute Gasteiger partial charge is 0.273 e. The molecule has 0 aromatic carbocycles. The lowest BCUT2D eigenvalue weighted by Gasteiger charge is -2.06. The molecule has 0 rings (SSSR count). The summed E-state index contributed by atoms with van der Waals surface area (Å²) in [5.74, 6) is 0.504. The van der Waals surface area contributed by atoms with Crippen molar-refractivity contribution in [3.05, 3.63) is 0 Å². The molecule has 0 aromatic rings. The second-order valence-electron chi connectivity index (χ2n) is 6.45. The van der Waals surface area contributed by atoms with Gasteiger partial charge in [0.25, 0.3) is 0 Å². The van der Waals surface area contributed by atoms with Crippen molar-refractivity contribution in [2.45, 2.75) is 73.6 Å². The predicted octanol–water partition coefficient (Wildman–Crippen LogP) is 3.23. The van der Waals surface area contributed by atoms with Gasteiger partial charge in [-0.05, 0) is 38.5 Å². The highest BCUT2D eigenvalue weighted by Crippen LogP contribution is 2.03. The summed E-state index contributed by atoms with van der Waals surface area (Å²) in [5.41, 5.74) is 6.94. The molecule has 0 unspecified atom stereocenters. The van der Waals surface area contributed by atoms with E-state index in [0.29, 0.717) is 24.7 Å². The van der Waals surface area contributed by atoms with Gasteiger partial charge in [-0.25, -0.2) is 10.9 Å². The van der Waals surface area contributed by atoms with Gasteiger partial charge < -0.3 is 0 Å². The van der Waals surface area contributed by atoms with E-state index in [2.05, 4.69) is 21.1 Å². The molecule has 132 valence electrons. The summed E-state index contributed by atoms with van der Waals surface area (Å²) in [6, 6.07) is 0. The number of nitrogens with one attached hydrogen (secondary N) is 2. The van der Waals surface area contributed by atoms with E-state index < -0.39 is 0 Å². The zero-order chi connectivity index (χ0) is 17.8. The highest BCUT2D eigenvalue weighted by molar-refractivity contribution is 5.86. The molecular weight excluding hydrogens is 292 g/mol. The summed E-state index contributed by atoms with van der Waals surface area (Å²) in [7, 11) is 0. The Bertz CT molecular complexity index is 400. The zero-order valence-corrected chi connectivity index (χ0v) is 15.4. The van der Waals surface area contributed by atoms with E-state index in [1.807, 2.05) is 41.5 Å². The van der Waals surface area contributed by atoms with Crippen LogP contribution < -0.4 is 10.9 Å². The third-order valence-electron chi connectivity index (χ3n) is 3.69. The highest BCUT2D eigenvalue weighted by atomic mass is 16.2. The molecule has 0 aliphatic carbocycles. The smallest absolute Gasteiger partial charge is 0.240 e. The number of hydrogen-bond donors (Lipinski definition) is 2. The number of amides is 2. The third-order valence-corrected chi connectivity index (χ3v) is 3.69. The van der Waals surface area contributed by atoms with Crippen LogP contribution in [0.1, 0.15) is 73.6 Å². The van der Waals surface area contributed by atoms with Crippen LogP contribution in [0.15, 0.2) is 10.2 Å². The Hall–Kier alpha value is -1.72. The monoisotopic (exact) mass is 324 g/mol. The molecule has 0 heterocycles. The van der Waals surface area contributed by atoms with Crippen LogP contribution in [0.2, 0.25) is 0 Å². The summed E-state index contributed by atoms with van der Waals surface area (Å²) in [6.07, 6.45) is 3.20. The van der Waals surface area contributed by atoms with Crippen molar-refractivity contribution < 1.29 is 9.59 Å². The van der Waals surface area contributed by atoms with E-state index in [1.165, 1.54) is 0 Å². The average Bonchev–Trinajstić information content (AvgIpc) is 2.49. The summed E-state index contributed by atoms with van der Waals surface area (Å²) in [4.78, 5) is 23.2. The molecule has 0 bridgehead atoms. The molecule has 0 radical (unpaired) electrons. The fourth-order valence-electron chi connectivity index (χ4n) is 1.42. The van der Waals surface area contributed by atoms with Gasteiger partial charge in [-0.2, -0.15) is 10.2 Å². The minimum Gasteiger partial charge on any atom is -0.273 e. The van der Waals surface area contributed by atoms with E-state index in [-0.39, 0.29) is 11.8 Å². The number of unbranched alkanes of at least 4 members (excludes halogenated alkanes) is 2. The van der Waals surface area contributed by atoms with Gasteiger partial charge in [0, 0.05) is 24.3 Å². The van der Waals surface area contributed by atoms with Gasteiger partial charge in [0.2, 0.25) is 11.8 Å². The molecule has 6 nitrogen and oxygen atoms in total. The second-order valence-corrected chi connectivity index (χ2v) is 6.45. The number of rotatable bonds is 10. The molecule has 2 amide bonds. The molecule has 0 fully saturated rings. The van der Waals surface area contributed by atoms with E-state index in [4.69, 9.17) is 0 Å². The first-order valence-corrected chi connectivity index (χ1v) is 8.40. The molecule has 0 aliphatic heterocycles. The molecular formula is C17H32N4O2. The van der Waals surface area contributed by atoms with Gasteiger partial charge in [0.1, 0.15) is 0 Å². The van der Waals surface area contributed by atoms with Crippen molar-refractivity contribution in [1.29, 1.82) is 0 Å². The summed E-state index contributed by atoms with van der Waals surface area (Å²) >= 11 is 0. The fourth-order valence-corrected chi connectivity index (χ4v) is 1.42. The predicted molar refractivity (Wildman–Crippen MR) is 95.3 cm³/mol. The van der Waals surface area contributed by atoms with Crippen molar-refractivity contribution in [3.63, 3.8) is 0 Å². The Labute approximate surface area is 140 Å². The van der Waals surface area contributed by atoms with Crippen LogP contribution in [0, 0.1) is 11.8 Å². The lowest BCUT2D eigenvalue weighted by molar-refractivity contribution is -0.121. The molecule has 0 saturated heterocycles. The third kappa shape index (κ3) is 11.5. The fraction of sp³-hybridized carbons (Fsp3) is 0.765. The second kappa shape index (κ2) is 11.8. The minimum atomic E-state index is -0.0772. The summed E-state index contributed by atoms with van der Waals surface area (Å²) in [6.45, 7) is 11.9. The maximum atomic E-state index is 11.6. The first-order chi connectivity index (χ1) is 10.7. The molecule has 0 spiro atoms. The van der Waals surface area contributed by atoms with Crippen molar-refractivity contribution in [1.82, 2.24) is 10.9 Å². The van der Waals surface area contributed by atoms with Crippen LogP contribution in [-0.4, -0.2) is 23.2 Å². The van der Waals surface area contributed by atoms with E-state index in [0.717, 1.165) is 30.7 Å². The highest BCUT2D eigenvalue weighted by Gasteiger charge is 2.04. The lowest BCUT2D eigenvalue weighted by Crippen LogP contribution is -2.20. The number of carbonyl (C=O) groups excluding carboxylic acids is 2. The van der Waals surface area contributed by atoms with Crippen LogP contribution in [0.4, 0.5) is 0 Å². The lowest BCUT2D eigenvalue weighted by atomic mass is 10.1. The van der Waals surface area contributed by atoms with Crippen molar-refractivity contribution >= 4 is 23.2 Å². The first-order valence-electron chi connectivity index (χ1n) is 8.40. The van der Waals surface area contributed by atoms with E-state index in [1.54, 1.807) is 0 Å². The summed E-state index contributed by atoms with van der Waals surface area (Å²) < 4.78 is 0. The maximum absolute atomic E-state index is 11.6. The Kier molecular flexibility index (Phi) is 10.9. The summed E-state index contributed by atoms with van der Waals surface area (Å²) in [5, 5.41) is 8.09. The van der Waals surface area contributed by atoms with Crippen molar-refractivity contribution in [3.8, 4) is 0 Å². The van der Waals surface area contributed by atoms with Crippen LogP contribution in [-0.2, 0) is 9.59 Å². The SMILES string of the molecule is C/C(=N/NC(=O)CCCCCC(=O)N/N=C(\C)C(C)C)C(C)C. The van der Waals surface area contributed by atoms with Gasteiger partial charge in [-0.3, -0.25) is 9.59 Å². The molecule has 0 aromatic heterocycles. The standard InChI is InChI=1S/C17H32N4O2/c1-12(2)14(5)18-20-16(22)10-8-7-9-11-17(23)21-19-15(6)13(3)4/h12-13H,7-11H2,1-6H3,(H,20,22)(H,21,23)/b18-14-,19-15+. The van der Waals surface area contributed by atoms with Crippen LogP contribution in [0.3, 0.4) is 0 Å². The number of carbonyl (C=O) groups is 2. The first kappa shape index (κ1) is 21.3. The van der Waals surface area contributed by atoms with E-state index in [9.17, 15) is 9.59 Å². The van der Waals surface area contributed by atoms with Crippen molar-refractivity contribution in [2.75, 3.05) is 0 Å². The van der Waals surface area contributed by atoms with Crippen molar-refractivity contribution in [2.24, 2.45) is 22.0 Å². The number of hydrogen-bond acceptors (Lipinski definition) is 4. The molecule has 0 saturated carbocycles. The Balaban J connectivity index is 3.77. The van der Waals surface area contributed by atoms with Crippen LogP contribution >= 0.6 is 0 Å². The average molecular weight is 324 g/mol. The number of nitrogens with zero attached hydrogens (tertiary/aromatic N) is 2. The maximum Gasteiger partial charge on any atom is 0.240 e. The molecule has 2 N–H and O–H groups in total. The van der Waals surface area contributed by atoms with Gasteiger partial charge in [-0.15, -0.1) is 0 Å². The molecule has 0 aliphatic rings. The minimum absolute atomic E-state index is 0.0772. The zero-order valence-electron chi connectivity index (χ0n) is 15.4. The Morgan fingerprint density at radius 3 is 1.39 bits per heavy atom. The Morgan fingerprint density at radius 1 is 0.739 bits per heavy atom. The Morgan fingerprint density at radius 2 is 1.09 bits per heavy atom. The van der Waals surface area contributed by atoms with Gasteiger partial charge in [-0.1, -0.05) is 34.1 Å². The van der Waals surface area contributed by atoms with Gasteiger partial charge in [0.05, 0.1) is 0 Å². The van der Waals surface area contributed by atoms with Gasteiger partial charge in [0.15, 0.2) is 0 Å². The topological polar surface area (TPSA) is 82.9 Å². The molecule has 6 heteroatoms.